The van der Waals surface area contributed by atoms with E-state index in [0.29, 0.717) is 35.1 Å². The molecule has 3 N–H and O–H groups in total. The van der Waals surface area contributed by atoms with E-state index in [1.807, 2.05) is 0 Å². The van der Waals surface area contributed by atoms with Crippen LogP contribution in [0.2, 0.25) is 10.0 Å². The number of hydrogen-bond acceptors (Lipinski definition) is 7. The lowest BCUT2D eigenvalue weighted by atomic mass is 10.1. The molecule has 0 unspecified atom stereocenters. The van der Waals surface area contributed by atoms with Gasteiger partial charge in [-0.2, -0.15) is 10.4 Å². The maximum absolute atomic E-state index is 15.0. The van der Waals surface area contributed by atoms with Crippen LogP contribution in [-0.2, 0) is 0 Å². The minimum atomic E-state index is -1.17. The second-order valence-electron chi connectivity index (χ2n) is 7.97. The molecule has 0 amide bonds. The number of anilines is 1. The number of ether oxygens (including phenoxy) is 1. The van der Waals surface area contributed by atoms with Gasteiger partial charge in [-0.25, -0.2) is 13.8 Å². The Kier molecular flexibility index (Phi) is 6.15. The molecule has 0 spiro atoms. The van der Waals surface area contributed by atoms with Crippen LogP contribution in [0.3, 0.4) is 0 Å². The Morgan fingerprint density at radius 2 is 1.94 bits per heavy atom. The highest BCUT2D eigenvalue weighted by molar-refractivity contribution is 6.35. The van der Waals surface area contributed by atoms with Gasteiger partial charge in [0, 0.05) is 47.7 Å². The summed E-state index contributed by atoms with van der Waals surface area (Å²) in [6.07, 6.45) is 4.45. The van der Waals surface area contributed by atoms with Gasteiger partial charge in [0.1, 0.15) is 11.7 Å². The molecule has 1 aliphatic rings. The van der Waals surface area contributed by atoms with Crippen LogP contribution in [0, 0.1) is 23.0 Å². The number of nitrogens with one attached hydrogen (secondary N) is 1. The van der Waals surface area contributed by atoms with Crippen LogP contribution >= 0.6 is 23.2 Å². The zero-order valence-electron chi connectivity index (χ0n) is 18.0. The molecular formula is C23H17Cl2F2N7O. The molecule has 1 aliphatic heterocycles. The zero-order valence-corrected chi connectivity index (χ0v) is 19.5. The number of nitrogens with two attached hydrogens (primary N) is 1. The normalized spacial score (nSPS) is 16.5. The highest BCUT2D eigenvalue weighted by Crippen LogP contribution is 2.36. The van der Waals surface area contributed by atoms with Crippen LogP contribution in [0.15, 0.2) is 36.8 Å². The predicted molar refractivity (Wildman–Crippen MR) is 127 cm³/mol. The van der Waals surface area contributed by atoms with Gasteiger partial charge in [0.2, 0.25) is 0 Å². The van der Waals surface area contributed by atoms with Crippen LogP contribution in [0.4, 0.5) is 14.6 Å². The second kappa shape index (κ2) is 9.26. The molecule has 8 nitrogen and oxygen atoms in total. The van der Waals surface area contributed by atoms with E-state index in [1.165, 1.54) is 36.8 Å². The van der Waals surface area contributed by atoms with Crippen molar-refractivity contribution in [3.63, 3.8) is 0 Å². The van der Waals surface area contributed by atoms with Crippen molar-refractivity contribution >= 4 is 39.9 Å². The number of nitrogens with zero attached hydrogens (tertiary/aromatic N) is 5. The van der Waals surface area contributed by atoms with Crippen LogP contribution < -0.4 is 15.4 Å². The van der Waals surface area contributed by atoms with E-state index in [4.69, 9.17) is 33.7 Å². The summed E-state index contributed by atoms with van der Waals surface area (Å²) in [5.41, 5.74) is 7.43. The van der Waals surface area contributed by atoms with E-state index >= 15 is 0 Å². The molecule has 12 heteroatoms. The van der Waals surface area contributed by atoms with Crippen molar-refractivity contribution in [1.29, 1.82) is 5.26 Å². The molecule has 0 radical (unpaired) electrons. The van der Waals surface area contributed by atoms with Crippen LogP contribution in [-0.4, -0.2) is 32.8 Å². The number of rotatable bonds is 5. The largest absolute Gasteiger partial charge is 0.468 e. The number of nitriles is 1. The van der Waals surface area contributed by atoms with Crippen LogP contribution in [0.1, 0.15) is 24.6 Å². The predicted octanol–water partition coefficient (Wildman–Crippen LogP) is 5.13. The fourth-order valence-electron chi connectivity index (χ4n) is 4.14. The monoisotopic (exact) mass is 515 g/mol. The minimum absolute atomic E-state index is 0.116. The van der Waals surface area contributed by atoms with E-state index in [2.05, 4.69) is 26.2 Å². The molecule has 0 aliphatic carbocycles. The first-order chi connectivity index (χ1) is 16.9. The van der Waals surface area contributed by atoms with Crippen molar-refractivity contribution in [1.82, 2.24) is 20.2 Å². The Labute approximate surface area is 208 Å². The van der Waals surface area contributed by atoms with Gasteiger partial charge in [-0.1, -0.05) is 23.2 Å². The van der Waals surface area contributed by atoms with Crippen molar-refractivity contribution < 1.29 is 13.5 Å². The van der Waals surface area contributed by atoms with Gasteiger partial charge >= 0.3 is 0 Å². The summed E-state index contributed by atoms with van der Waals surface area (Å²) in [6, 6.07) is 5.65. The zero-order chi connectivity index (χ0) is 24.7. The summed E-state index contributed by atoms with van der Waals surface area (Å²) in [7, 11) is 0. The molecule has 178 valence electrons. The molecule has 4 heterocycles. The molecule has 0 bridgehead atoms. The SMILES string of the molecule is N#C[C@@H]1CCCN1c1ncc(-c2n[nH]c3cc(F)c(O[C@H](N)c4c(Cl)cncc4Cl)cc23)cc1F. The van der Waals surface area contributed by atoms with E-state index in [0.717, 1.165) is 6.42 Å². The van der Waals surface area contributed by atoms with E-state index in [-0.39, 0.29) is 27.2 Å². The maximum Gasteiger partial charge on any atom is 0.177 e. The maximum atomic E-state index is 15.0. The van der Waals surface area contributed by atoms with Crippen LogP contribution in [0.25, 0.3) is 22.2 Å². The summed E-state index contributed by atoms with van der Waals surface area (Å²) in [4.78, 5) is 9.77. The summed E-state index contributed by atoms with van der Waals surface area (Å²) in [6.45, 7) is 0.554. The fraction of sp³-hybridized carbons (Fsp3) is 0.217. The minimum Gasteiger partial charge on any atom is -0.468 e. The molecule has 35 heavy (non-hydrogen) atoms. The van der Waals surface area contributed by atoms with Crippen molar-refractivity contribution in [3.05, 3.63) is 64.0 Å². The molecule has 5 rings (SSSR count). The molecule has 1 aromatic carbocycles. The quantitative estimate of drug-likeness (QED) is 0.353. The third kappa shape index (κ3) is 4.23. The van der Waals surface area contributed by atoms with Crippen molar-refractivity contribution in [3.8, 4) is 23.1 Å². The summed E-state index contributed by atoms with van der Waals surface area (Å²) >= 11 is 12.3. The molecule has 3 aromatic heterocycles. The van der Waals surface area contributed by atoms with Crippen molar-refractivity contribution in [2.45, 2.75) is 25.1 Å². The van der Waals surface area contributed by atoms with Gasteiger partial charge in [-0.15, -0.1) is 0 Å². The van der Waals surface area contributed by atoms with Crippen molar-refractivity contribution in [2.24, 2.45) is 5.73 Å². The van der Waals surface area contributed by atoms with E-state index in [1.54, 1.807) is 4.90 Å². The third-order valence-electron chi connectivity index (χ3n) is 5.81. The highest BCUT2D eigenvalue weighted by atomic mass is 35.5. The average molecular weight is 516 g/mol. The van der Waals surface area contributed by atoms with Gasteiger partial charge in [-0.3, -0.25) is 15.8 Å². The first-order valence-corrected chi connectivity index (χ1v) is 11.3. The number of aromatic amines is 1. The number of benzene rings is 1. The number of aromatic nitrogens is 4. The van der Waals surface area contributed by atoms with Crippen molar-refractivity contribution in [2.75, 3.05) is 11.4 Å². The Morgan fingerprint density at radius 3 is 2.66 bits per heavy atom. The Balaban J connectivity index is 1.49. The summed E-state index contributed by atoms with van der Waals surface area (Å²) in [5.74, 6) is -1.33. The summed E-state index contributed by atoms with van der Waals surface area (Å²) < 4.78 is 35.4. The molecule has 0 saturated carbocycles. The van der Waals surface area contributed by atoms with Gasteiger partial charge in [0.25, 0.3) is 0 Å². The molecule has 2 atom stereocenters. The molecule has 4 aromatic rings. The van der Waals surface area contributed by atoms with Gasteiger partial charge in [0.15, 0.2) is 29.4 Å². The van der Waals surface area contributed by atoms with Gasteiger partial charge in [0.05, 0.1) is 21.6 Å². The second-order valence-corrected chi connectivity index (χ2v) is 8.78. The lowest BCUT2D eigenvalue weighted by Gasteiger charge is -2.21. The lowest BCUT2D eigenvalue weighted by Crippen LogP contribution is -2.29. The molecular weight excluding hydrogens is 499 g/mol. The Hall–Kier alpha value is -3.52. The molecule has 1 saturated heterocycles. The smallest absolute Gasteiger partial charge is 0.177 e. The number of H-pyrrole nitrogens is 1. The molecule has 1 fully saturated rings. The topological polar surface area (TPSA) is 117 Å². The number of hydrogen-bond donors (Lipinski definition) is 2. The van der Waals surface area contributed by atoms with Crippen LogP contribution in [0.5, 0.6) is 5.75 Å². The first kappa shape index (κ1) is 23.2. The lowest BCUT2D eigenvalue weighted by molar-refractivity contribution is 0.205. The van der Waals surface area contributed by atoms with Gasteiger partial charge in [-0.05, 0) is 25.0 Å². The third-order valence-corrected chi connectivity index (χ3v) is 6.42. The number of halogens is 4. The van der Waals surface area contributed by atoms with E-state index < -0.39 is 23.9 Å². The van der Waals surface area contributed by atoms with E-state index in [9.17, 15) is 14.0 Å². The Morgan fingerprint density at radius 1 is 1.17 bits per heavy atom. The Bertz CT molecular complexity index is 1450. The number of pyridine rings is 2. The highest BCUT2D eigenvalue weighted by Gasteiger charge is 2.28. The number of fused-ring (bicyclic) bond motifs is 1. The van der Waals surface area contributed by atoms with Gasteiger partial charge < -0.3 is 9.64 Å². The first-order valence-electron chi connectivity index (χ1n) is 10.6. The fourth-order valence-corrected chi connectivity index (χ4v) is 4.72. The average Bonchev–Trinajstić information content (AvgIpc) is 3.46. The standard InChI is InChI=1S/C23H17Cl2F2N7O/c24-14-9-30-10-15(25)20(14)22(29)35-19-5-13-18(6-16(19)26)32-33-21(13)11-4-17(27)23(31-8-11)34-3-1-2-12(34)7-28/h4-6,8-10,12,22H,1-3,29H2,(H,32,33)/t12-,22-/m0/s1. The summed E-state index contributed by atoms with van der Waals surface area (Å²) in [5, 5.41) is 17.1.